The molecule has 1 unspecified atom stereocenters. The molecule has 0 spiro atoms. The third kappa shape index (κ3) is 5.27. The number of amides is 1. The number of thioether (sulfide) groups is 1. The molecule has 1 aliphatic rings. The molecule has 1 N–H and O–H groups in total. The van der Waals surface area contributed by atoms with E-state index >= 15 is 0 Å². The number of anilines is 1. The molecule has 3 rings (SSSR count). The molecule has 1 fully saturated rings. The summed E-state index contributed by atoms with van der Waals surface area (Å²) in [5.74, 6) is 0.824. The van der Waals surface area contributed by atoms with Crippen molar-refractivity contribution >= 4 is 33.4 Å². The summed E-state index contributed by atoms with van der Waals surface area (Å²) in [6.45, 7) is 10.2. The van der Waals surface area contributed by atoms with Gasteiger partial charge in [-0.05, 0) is 6.42 Å². The normalized spacial score (nSPS) is 18.7. The monoisotopic (exact) mass is 439 g/mol. The fourth-order valence-electron chi connectivity index (χ4n) is 3.00. The van der Waals surface area contributed by atoms with Crippen LogP contribution in [0.3, 0.4) is 0 Å². The summed E-state index contributed by atoms with van der Waals surface area (Å²) < 4.78 is 30.6. The minimum absolute atomic E-state index is 0.0784. The van der Waals surface area contributed by atoms with Gasteiger partial charge in [0.05, 0.1) is 23.0 Å². The third-order valence-corrected chi connectivity index (χ3v) is 7.26. The Labute approximate surface area is 174 Å². The van der Waals surface area contributed by atoms with E-state index in [1.54, 1.807) is 12.1 Å². The van der Waals surface area contributed by atoms with Crippen LogP contribution in [0.25, 0.3) is 0 Å². The second-order valence-electron chi connectivity index (χ2n) is 8.00. The summed E-state index contributed by atoms with van der Waals surface area (Å²) in [4.78, 5) is 12.3. The summed E-state index contributed by atoms with van der Waals surface area (Å²) in [7, 11) is -3.03. The van der Waals surface area contributed by atoms with Crippen LogP contribution in [0, 0.1) is 0 Å². The first-order valence-electron chi connectivity index (χ1n) is 9.23. The van der Waals surface area contributed by atoms with Gasteiger partial charge in [-0.3, -0.25) is 10.1 Å². The van der Waals surface area contributed by atoms with Gasteiger partial charge in [0.15, 0.2) is 15.0 Å². The average Bonchev–Trinajstić information content (AvgIpc) is 3.32. The lowest BCUT2D eigenvalue weighted by molar-refractivity contribution is -0.113. The molecule has 2 aromatic rings. The summed E-state index contributed by atoms with van der Waals surface area (Å²) in [5.41, 5.74) is 0.578. The van der Waals surface area contributed by atoms with Crippen molar-refractivity contribution in [3.8, 4) is 0 Å². The van der Waals surface area contributed by atoms with Gasteiger partial charge in [0, 0.05) is 23.9 Å². The predicted molar refractivity (Wildman–Crippen MR) is 111 cm³/mol. The zero-order chi connectivity index (χ0) is 21.2. The van der Waals surface area contributed by atoms with Crippen LogP contribution in [0.2, 0.25) is 0 Å². The van der Waals surface area contributed by atoms with Gasteiger partial charge in [-0.2, -0.15) is 0 Å². The van der Waals surface area contributed by atoms with Crippen molar-refractivity contribution in [1.82, 2.24) is 19.9 Å². The molecular formula is C18H25N5O4S2. The molecule has 0 aliphatic carbocycles. The van der Waals surface area contributed by atoms with Crippen LogP contribution >= 0.6 is 11.8 Å². The second-order valence-corrected chi connectivity index (χ2v) is 11.2. The van der Waals surface area contributed by atoms with Gasteiger partial charge in [-0.25, -0.2) is 8.42 Å². The number of carbonyl (C=O) groups is 1. The lowest BCUT2D eigenvalue weighted by Crippen LogP contribution is -2.15. The third-order valence-electron chi connectivity index (χ3n) is 4.53. The number of allylic oxidation sites excluding steroid dienone is 1. The molecule has 29 heavy (non-hydrogen) atoms. The molecule has 1 amide bonds. The van der Waals surface area contributed by atoms with Gasteiger partial charge in [-0.15, -0.1) is 16.8 Å². The Balaban J connectivity index is 1.65. The predicted octanol–water partition coefficient (Wildman–Crippen LogP) is 2.38. The van der Waals surface area contributed by atoms with Gasteiger partial charge in [-0.1, -0.05) is 43.8 Å². The minimum atomic E-state index is -3.03. The van der Waals surface area contributed by atoms with Crippen LogP contribution in [-0.4, -0.2) is 51.5 Å². The number of hydrogen-bond donors (Lipinski definition) is 1. The zero-order valence-corrected chi connectivity index (χ0v) is 18.3. The summed E-state index contributed by atoms with van der Waals surface area (Å²) in [6, 6.07) is 1.71. The van der Waals surface area contributed by atoms with E-state index in [0.717, 1.165) is 5.69 Å². The molecule has 3 heterocycles. The highest BCUT2D eigenvalue weighted by molar-refractivity contribution is 7.99. The van der Waals surface area contributed by atoms with Gasteiger partial charge >= 0.3 is 0 Å². The standard InChI is InChI=1S/C18H25N5O4S2/c1-5-7-23-16(12-6-8-29(25,26)11-12)20-21-17(23)28-10-14(24)19-15-9-13(22-27-15)18(2,3)4/h5,9,12H,1,6-8,10-11H2,2-4H3,(H,19,24). The van der Waals surface area contributed by atoms with Crippen molar-refractivity contribution in [1.29, 1.82) is 0 Å². The molecule has 1 aliphatic heterocycles. The van der Waals surface area contributed by atoms with E-state index in [-0.39, 0.29) is 34.5 Å². The molecule has 2 aromatic heterocycles. The highest BCUT2D eigenvalue weighted by Crippen LogP contribution is 2.30. The fourth-order valence-corrected chi connectivity index (χ4v) is 5.49. The molecule has 9 nitrogen and oxygen atoms in total. The van der Waals surface area contributed by atoms with Crippen molar-refractivity contribution in [3.63, 3.8) is 0 Å². The van der Waals surface area contributed by atoms with Crippen molar-refractivity contribution in [2.24, 2.45) is 0 Å². The lowest BCUT2D eigenvalue weighted by atomic mass is 9.92. The van der Waals surface area contributed by atoms with Crippen LogP contribution < -0.4 is 5.32 Å². The number of hydrogen-bond acceptors (Lipinski definition) is 8. The Hall–Kier alpha value is -2.14. The van der Waals surface area contributed by atoms with Gasteiger partial charge < -0.3 is 9.09 Å². The van der Waals surface area contributed by atoms with E-state index < -0.39 is 9.84 Å². The first-order chi connectivity index (χ1) is 13.6. The summed E-state index contributed by atoms with van der Waals surface area (Å²) in [6.07, 6.45) is 2.23. The van der Waals surface area contributed by atoms with Crippen molar-refractivity contribution < 1.29 is 17.7 Å². The molecule has 158 valence electrons. The van der Waals surface area contributed by atoms with E-state index in [2.05, 4.69) is 27.2 Å². The Morgan fingerprint density at radius 1 is 1.45 bits per heavy atom. The van der Waals surface area contributed by atoms with Crippen LogP contribution in [0.4, 0.5) is 5.88 Å². The first-order valence-corrected chi connectivity index (χ1v) is 12.0. The Morgan fingerprint density at radius 2 is 2.21 bits per heavy atom. The summed E-state index contributed by atoms with van der Waals surface area (Å²) in [5, 5.41) is 15.6. The van der Waals surface area contributed by atoms with Crippen LogP contribution in [-0.2, 0) is 26.6 Å². The smallest absolute Gasteiger partial charge is 0.237 e. The number of nitrogens with one attached hydrogen (secondary N) is 1. The van der Waals surface area contributed by atoms with E-state index in [9.17, 15) is 13.2 Å². The number of aromatic nitrogens is 4. The number of rotatable bonds is 7. The minimum Gasteiger partial charge on any atom is -0.338 e. The largest absolute Gasteiger partial charge is 0.338 e. The quantitative estimate of drug-likeness (QED) is 0.516. The highest BCUT2D eigenvalue weighted by atomic mass is 32.2. The Kier molecular flexibility index (Phi) is 6.18. The lowest BCUT2D eigenvalue weighted by Gasteiger charge is -2.12. The van der Waals surface area contributed by atoms with E-state index in [0.29, 0.717) is 29.8 Å². The fraction of sp³-hybridized carbons (Fsp3) is 0.556. The average molecular weight is 440 g/mol. The van der Waals surface area contributed by atoms with Gasteiger partial charge in [0.2, 0.25) is 11.8 Å². The molecule has 0 saturated carbocycles. The Morgan fingerprint density at radius 3 is 2.79 bits per heavy atom. The zero-order valence-electron chi connectivity index (χ0n) is 16.7. The molecule has 0 aromatic carbocycles. The second kappa shape index (κ2) is 8.31. The van der Waals surface area contributed by atoms with E-state index in [1.165, 1.54) is 11.8 Å². The van der Waals surface area contributed by atoms with Gasteiger partial charge in [0.1, 0.15) is 5.82 Å². The maximum absolute atomic E-state index is 12.3. The first kappa shape index (κ1) is 21.6. The molecule has 0 bridgehead atoms. The van der Waals surface area contributed by atoms with Crippen molar-refractivity contribution in [2.45, 2.75) is 50.2 Å². The van der Waals surface area contributed by atoms with Gasteiger partial charge in [0.25, 0.3) is 0 Å². The SMILES string of the molecule is C=CCn1c(SCC(=O)Nc2cc(C(C)(C)C)no2)nnc1C1CCS(=O)(=O)C1. The molecule has 1 saturated heterocycles. The highest BCUT2D eigenvalue weighted by Gasteiger charge is 2.33. The topological polar surface area (TPSA) is 120 Å². The molecular weight excluding hydrogens is 414 g/mol. The van der Waals surface area contributed by atoms with E-state index in [1.807, 2.05) is 25.3 Å². The Bertz CT molecular complexity index is 1000. The van der Waals surface area contributed by atoms with Crippen LogP contribution in [0.15, 0.2) is 28.4 Å². The van der Waals surface area contributed by atoms with Crippen LogP contribution in [0.5, 0.6) is 0 Å². The molecule has 0 radical (unpaired) electrons. The van der Waals surface area contributed by atoms with Crippen molar-refractivity contribution in [2.75, 3.05) is 22.6 Å². The van der Waals surface area contributed by atoms with Crippen molar-refractivity contribution in [3.05, 3.63) is 30.2 Å². The van der Waals surface area contributed by atoms with Crippen LogP contribution in [0.1, 0.15) is 44.6 Å². The molecule has 11 heteroatoms. The number of nitrogens with zero attached hydrogens (tertiary/aromatic N) is 4. The summed E-state index contributed by atoms with van der Waals surface area (Å²) >= 11 is 1.22. The number of carbonyl (C=O) groups excluding carboxylic acids is 1. The van der Waals surface area contributed by atoms with E-state index in [4.69, 9.17) is 4.52 Å². The number of sulfone groups is 1. The molecule has 1 atom stereocenters. The maximum Gasteiger partial charge on any atom is 0.237 e. The maximum atomic E-state index is 12.3.